The molecule has 0 radical (unpaired) electrons. The minimum Gasteiger partial charge on any atom is -0.488 e. The molecule has 240 valence electrons. The summed E-state index contributed by atoms with van der Waals surface area (Å²) in [5.41, 5.74) is -1.92. The molecule has 45 heavy (non-hydrogen) atoms. The normalized spacial score (nSPS) is 21.7. The van der Waals surface area contributed by atoms with Crippen molar-refractivity contribution in [1.29, 1.82) is 0 Å². The van der Waals surface area contributed by atoms with Crippen LogP contribution in [-0.4, -0.2) is 73.8 Å². The van der Waals surface area contributed by atoms with E-state index in [1.54, 1.807) is 9.47 Å². The summed E-state index contributed by atoms with van der Waals surface area (Å²) in [5.74, 6) is -4.87. The molecular weight excluding hydrogens is 619 g/mol. The van der Waals surface area contributed by atoms with Crippen LogP contribution >= 0.6 is 7.60 Å². The summed E-state index contributed by atoms with van der Waals surface area (Å²) in [7, 11) is -4.76. The van der Waals surface area contributed by atoms with E-state index in [9.17, 15) is 43.3 Å². The van der Waals surface area contributed by atoms with Crippen molar-refractivity contribution in [2.45, 2.75) is 56.1 Å². The summed E-state index contributed by atoms with van der Waals surface area (Å²) >= 11 is 0. The molecule has 0 spiro atoms. The first kappa shape index (κ1) is 31.0. The molecule has 3 fully saturated rings. The van der Waals surface area contributed by atoms with Gasteiger partial charge < -0.3 is 38.9 Å². The number of fused-ring (bicyclic) bond motifs is 1. The Hall–Kier alpha value is -4.04. The Morgan fingerprint density at radius 2 is 1.80 bits per heavy atom. The molecule has 2 atom stereocenters. The molecule has 1 aromatic heterocycles. The van der Waals surface area contributed by atoms with Crippen molar-refractivity contribution in [1.82, 2.24) is 4.57 Å². The molecule has 2 aromatic carbocycles. The van der Waals surface area contributed by atoms with Crippen molar-refractivity contribution in [3.05, 3.63) is 63.9 Å². The van der Waals surface area contributed by atoms with Crippen LogP contribution in [0.15, 0.2) is 41.3 Å². The number of carbonyl (C=O) groups excluding carboxylic acids is 1. The fourth-order valence-electron chi connectivity index (χ4n) is 5.93. The number of rotatable bonds is 8. The van der Waals surface area contributed by atoms with Crippen molar-refractivity contribution < 1.29 is 52.4 Å². The number of carboxylic acids is 1. The van der Waals surface area contributed by atoms with E-state index in [4.69, 9.17) is 9.47 Å². The van der Waals surface area contributed by atoms with Gasteiger partial charge in [0.1, 0.15) is 23.6 Å². The third kappa shape index (κ3) is 5.76. The number of hydrogen-bond acceptors (Lipinski definition) is 8. The Balaban J connectivity index is 1.14. The van der Waals surface area contributed by atoms with Crippen molar-refractivity contribution in [2.75, 3.05) is 29.5 Å². The number of halogens is 2. The highest BCUT2D eigenvalue weighted by atomic mass is 31.2. The fourth-order valence-corrected chi connectivity index (χ4v) is 6.85. The average Bonchev–Trinajstić information content (AvgIpc) is 3.76. The number of carbonyl (C=O) groups is 2. The van der Waals surface area contributed by atoms with Gasteiger partial charge in [0, 0.05) is 36.8 Å². The Morgan fingerprint density at radius 3 is 2.38 bits per heavy atom. The first-order valence-corrected chi connectivity index (χ1v) is 15.9. The molecule has 0 bridgehead atoms. The molecule has 3 heterocycles. The van der Waals surface area contributed by atoms with E-state index in [-0.39, 0.29) is 61.1 Å². The van der Waals surface area contributed by atoms with Crippen LogP contribution in [0.25, 0.3) is 10.9 Å². The van der Waals surface area contributed by atoms with Crippen LogP contribution in [0.4, 0.5) is 25.0 Å². The van der Waals surface area contributed by atoms with Gasteiger partial charge in [-0.3, -0.25) is 14.3 Å². The third-order valence-electron chi connectivity index (χ3n) is 8.57. The van der Waals surface area contributed by atoms with E-state index in [0.29, 0.717) is 5.52 Å². The van der Waals surface area contributed by atoms with Crippen LogP contribution in [0.3, 0.4) is 0 Å². The Labute approximate surface area is 254 Å². The molecule has 3 aromatic rings. The van der Waals surface area contributed by atoms with Gasteiger partial charge in [0.25, 0.3) is 0 Å². The largest absolute Gasteiger partial charge is 0.488 e. The van der Waals surface area contributed by atoms with Gasteiger partial charge in [0.05, 0.1) is 22.9 Å². The lowest BCUT2D eigenvalue weighted by Gasteiger charge is -2.39. The van der Waals surface area contributed by atoms with Gasteiger partial charge in [0.15, 0.2) is 11.6 Å². The summed E-state index contributed by atoms with van der Waals surface area (Å²) in [6, 6.07) is 5.07. The molecule has 13 nitrogen and oxygen atoms in total. The highest BCUT2D eigenvalue weighted by Crippen LogP contribution is 2.48. The second-order valence-electron chi connectivity index (χ2n) is 11.7. The SMILES string of the molecule is CC1C(P(=O)(O)O)OC(=O)N1c1ccc(OCC2(O)CCN(c3cc4c(cc3F)c(=O)c(C(=O)O)cn4C3CC3)CC2)c(F)c1. The van der Waals surface area contributed by atoms with Gasteiger partial charge in [-0.25, -0.2) is 18.4 Å². The minimum absolute atomic E-state index is 0.00372. The second-order valence-corrected chi connectivity index (χ2v) is 13.4. The van der Waals surface area contributed by atoms with E-state index in [0.717, 1.165) is 29.9 Å². The molecule has 1 saturated carbocycles. The molecule has 1 amide bonds. The van der Waals surface area contributed by atoms with E-state index in [2.05, 4.69) is 0 Å². The number of ether oxygens (including phenoxy) is 2. The van der Waals surface area contributed by atoms with Crippen molar-refractivity contribution in [3.63, 3.8) is 0 Å². The van der Waals surface area contributed by atoms with Gasteiger partial charge in [0.2, 0.25) is 11.3 Å². The van der Waals surface area contributed by atoms with E-state index < -0.39 is 59.8 Å². The molecule has 2 aliphatic heterocycles. The Bertz CT molecular complexity index is 1820. The zero-order valence-electron chi connectivity index (χ0n) is 23.9. The molecular formula is C29H30F2N3O10P. The zero-order valence-corrected chi connectivity index (χ0v) is 24.8. The van der Waals surface area contributed by atoms with Crippen molar-refractivity contribution >= 4 is 41.9 Å². The standard InChI is InChI=1S/C29H30F2N3O10P/c1-15-27(45(40,41)42)44-28(38)34(15)17-4-5-24(21(31)10-17)43-14-29(39)6-8-32(9-7-29)23-12-22-18(11-20(23)30)25(35)19(26(36)37)13-33(22)16-2-3-16/h4-5,10-13,15-16,27,39H,2-3,6-9,14H2,1H3,(H,36,37)(H2,40,41,42). The maximum atomic E-state index is 15.3. The molecule has 1 aliphatic carbocycles. The van der Waals surface area contributed by atoms with Crippen LogP contribution < -0.4 is 20.0 Å². The number of hydrogen-bond donors (Lipinski definition) is 4. The van der Waals surface area contributed by atoms with Gasteiger partial charge >= 0.3 is 19.7 Å². The van der Waals surface area contributed by atoms with Crippen LogP contribution in [0.2, 0.25) is 0 Å². The van der Waals surface area contributed by atoms with Gasteiger partial charge in [-0.1, -0.05) is 0 Å². The monoisotopic (exact) mass is 649 g/mol. The summed E-state index contributed by atoms with van der Waals surface area (Å²) < 4.78 is 54.0. The first-order valence-electron chi connectivity index (χ1n) is 14.2. The first-order chi connectivity index (χ1) is 21.2. The minimum atomic E-state index is -4.76. The quantitative estimate of drug-likeness (QED) is 0.262. The number of carboxylic acid groups (broad SMARTS) is 1. The maximum Gasteiger partial charge on any atom is 0.415 e. The van der Waals surface area contributed by atoms with Crippen LogP contribution in [-0.2, 0) is 9.30 Å². The number of anilines is 2. The predicted molar refractivity (Wildman–Crippen MR) is 156 cm³/mol. The van der Waals surface area contributed by atoms with Gasteiger partial charge in [-0.2, -0.15) is 0 Å². The topological polar surface area (TPSA) is 179 Å². The van der Waals surface area contributed by atoms with E-state index in [1.807, 2.05) is 0 Å². The third-order valence-corrected chi connectivity index (χ3v) is 9.77. The number of piperidine rings is 1. The molecule has 4 N–H and O–H groups in total. The molecule has 2 unspecified atom stereocenters. The summed E-state index contributed by atoms with van der Waals surface area (Å²) in [6.45, 7) is 1.49. The highest BCUT2D eigenvalue weighted by Gasteiger charge is 2.49. The Kier molecular flexibility index (Phi) is 7.63. The fraction of sp³-hybridized carbons (Fsp3) is 0.414. The number of aromatic nitrogens is 1. The number of pyridine rings is 1. The zero-order chi connectivity index (χ0) is 32.4. The van der Waals surface area contributed by atoms with Gasteiger partial charge in [-0.15, -0.1) is 0 Å². The maximum absolute atomic E-state index is 15.3. The second kappa shape index (κ2) is 11.1. The molecule has 6 rings (SSSR count). The average molecular weight is 650 g/mol. The predicted octanol–water partition coefficient (Wildman–Crippen LogP) is 3.57. The summed E-state index contributed by atoms with van der Waals surface area (Å²) in [5, 5.41) is 20.6. The number of nitrogens with zero attached hydrogens (tertiary/aromatic N) is 3. The number of aromatic carboxylic acids is 1. The van der Waals surface area contributed by atoms with Crippen LogP contribution in [0, 0.1) is 11.6 Å². The summed E-state index contributed by atoms with van der Waals surface area (Å²) in [6.07, 6.45) is 2.17. The Morgan fingerprint density at radius 1 is 1.11 bits per heavy atom. The van der Waals surface area contributed by atoms with E-state index >= 15 is 4.39 Å². The number of cyclic esters (lactones) is 1. The number of aliphatic hydroxyl groups is 1. The molecule has 16 heteroatoms. The highest BCUT2D eigenvalue weighted by molar-refractivity contribution is 7.52. The lowest BCUT2D eigenvalue weighted by Crippen LogP contribution is -2.48. The lowest BCUT2D eigenvalue weighted by molar-refractivity contribution is -0.0250. The molecule has 2 saturated heterocycles. The van der Waals surface area contributed by atoms with Gasteiger partial charge in [-0.05, 0) is 56.9 Å². The van der Waals surface area contributed by atoms with E-state index in [1.165, 1.54) is 31.3 Å². The van der Waals surface area contributed by atoms with Crippen molar-refractivity contribution in [2.24, 2.45) is 0 Å². The van der Waals surface area contributed by atoms with Crippen LogP contribution in [0.5, 0.6) is 5.75 Å². The number of amides is 1. The van der Waals surface area contributed by atoms with Crippen LogP contribution in [0.1, 0.15) is 49.0 Å². The molecule has 3 aliphatic rings. The lowest BCUT2D eigenvalue weighted by atomic mass is 9.92. The smallest absolute Gasteiger partial charge is 0.415 e. The summed E-state index contributed by atoms with van der Waals surface area (Å²) in [4.78, 5) is 58.1. The number of benzene rings is 2. The van der Waals surface area contributed by atoms with Crippen molar-refractivity contribution in [3.8, 4) is 5.75 Å².